The molecule has 2 rings (SSSR count). The fourth-order valence-corrected chi connectivity index (χ4v) is 1.22. The van der Waals surface area contributed by atoms with Gasteiger partial charge in [-0.1, -0.05) is 0 Å². The van der Waals surface area contributed by atoms with E-state index in [9.17, 15) is 4.79 Å². The van der Waals surface area contributed by atoms with Gasteiger partial charge in [0.05, 0.1) is 18.0 Å². The molecule has 0 atom stereocenters. The van der Waals surface area contributed by atoms with Gasteiger partial charge in [0.1, 0.15) is 0 Å². The molecule has 0 bridgehead atoms. The topological polar surface area (TPSA) is 75.6 Å². The maximum absolute atomic E-state index is 11.5. The highest BCUT2D eigenvalue weighted by Crippen LogP contribution is 1.97. The third-order valence-electron chi connectivity index (χ3n) is 1.97. The van der Waals surface area contributed by atoms with Crippen molar-refractivity contribution in [2.45, 2.75) is 6.54 Å². The second-order valence-electron chi connectivity index (χ2n) is 3.19. The van der Waals surface area contributed by atoms with Crippen LogP contribution in [0.2, 0.25) is 0 Å². The Morgan fingerprint density at radius 2 is 2.47 bits per heavy atom. The van der Waals surface area contributed by atoms with Crippen molar-refractivity contribution in [3.8, 4) is 0 Å². The quantitative estimate of drug-likeness (QED) is 0.744. The molecule has 0 unspecified atom stereocenters. The molecule has 15 heavy (non-hydrogen) atoms. The van der Waals surface area contributed by atoms with Gasteiger partial charge in [0.15, 0.2) is 0 Å². The normalized spacial score (nSPS) is 10.2. The SMILES string of the molecule is Cn1cc(CNC(=O)c2cn[nH]c2)cn1. The Morgan fingerprint density at radius 3 is 3.07 bits per heavy atom. The lowest BCUT2D eigenvalue weighted by molar-refractivity contribution is 0.0951. The molecular weight excluding hydrogens is 194 g/mol. The molecule has 0 aliphatic rings. The lowest BCUT2D eigenvalue weighted by Crippen LogP contribution is -2.22. The Bertz CT molecular complexity index is 445. The molecule has 78 valence electrons. The third-order valence-corrected chi connectivity index (χ3v) is 1.97. The van der Waals surface area contributed by atoms with Crippen LogP contribution in [0.5, 0.6) is 0 Å². The molecular formula is C9H11N5O. The summed E-state index contributed by atoms with van der Waals surface area (Å²) in [5.74, 6) is -0.146. The van der Waals surface area contributed by atoms with Gasteiger partial charge in [-0.2, -0.15) is 10.2 Å². The molecule has 6 nitrogen and oxygen atoms in total. The van der Waals surface area contributed by atoms with Crippen molar-refractivity contribution in [1.29, 1.82) is 0 Å². The minimum atomic E-state index is -0.146. The van der Waals surface area contributed by atoms with Crippen LogP contribution in [-0.4, -0.2) is 25.9 Å². The zero-order valence-electron chi connectivity index (χ0n) is 8.27. The molecule has 6 heteroatoms. The highest BCUT2D eigenvalue weighted by atomic mass is 16.1. The van der Waals surface area contributed by atoms with Crippen molar-refractivity contribution < 1.29 is 4.79 Å². The first-order chi connectivity index (χ1) is 7.25. The monoisotopic (exact) mass is 205 g/mol. The van der Waals surface area contributed by atoms with Gasteiger partial charge < -0.3 is 5.32 Å². The number of carbonyl (C=O) groups excluding carboxylic acids is 1. The van der Waals surface area contributed by atoms with Crippen LogP contribution in [0.25, 0.3) is 0 Å². The van der Waals surface area contributed by atoms with Crippen LogP contribution in [-0.2, 0) is 13.6 Å². The Kier molecular flexibility index (Phi) is 2.49. The zero-order chi connectivity index (χ0) is 10.7. The first kappa shape index (κ1) is 9.45. The van der Waals surface area contributed by atoms with Gasteiger partial charge in [-0.05, 0) is 0 Å². The van der Waals surface area contributed by atoms with Gasteiger partial charge in [0.2, 0.25) is 0 Å². The van der Waals surface area contributed by atoms with Gasteiger partial charge in [-0.15, -0.1) is 0 Å². The Labute approximate surface area is 86.3 Å². The standard InChI is InChI=1S/C9H11N5O/c1-14-6-7(3-13-14)2-10-9(15)8-4-11-12-5-8/h3-6H,2H2,1H3,(H,10,15)(H,11,12). The van der Waals surface area contributed by atoms with Crippen molar-refractivity contribution in [3.05, 3.63) is 35.9 Å². The molecule has 0 spiro atoms. The van der Waals surface area contributed by atoms with E-state index in [1.807, 2.05) is 13.2 Å². The first-order valence-electron chi connectivity index (χ1n) is 4.50. The summed E-state index contributed by atoms with van der Waals surface area (Å²) in [4.78, 5) is 11.5. The maximum atomic E-state index is 11.5. The van der Waals surface area contributed by atoms with E-state index in [-0.39, 0.29) is 5.91 Å². The van der Waals surface area contributed by atoms with E-state index >= 15 is 0 Å². The zero-order valence-corrected chi connectivity index (χ0v) is 8.27. The average Bonchev–Trinajstić information content (AvgIpc) is 2.84. The molecule has 0 aromatic carbocycles. The maximum Gasteiger partial charge on any atom is 0.254 e. The number of nitrogens with one attached hydrogen (secondary N) is 2. The highest BCUT2D eigenvalue weighted by molar-refractivity contribution is 5.93. The molecule has 2 heterocycles. The van der Waals surface area contributed by atoms with E-state index in [4.69, 9.17) is 0 Å². The van der Waals surface area contributed by atoms with Crippen LogP contribution in [0.3, 0.4) is 0 Å². The van der Waals surface area contributed by atoms with Crippen molar-refractivity contribution in [2.75, 3.05) is 0 Å². The van der Waals surface area contributed by atoms with Gasteiger partial charge >= 0.3 is 0 Å². The van der Waals surface area contributed by atoms with Crippen LogP contribution >= 0.6 is 0 Å². The highest BCUT2D eigenvalue weighted by Gasteiger charge is 2.05. The van der Waals surface area contributed by atoms with Crippen LogP contribution in [0, 0.1) is 0 Å². The smallest absolute Gasteiger partial charge is 0.254 e. The molecule has 2 N–H and O–H groups in total. The number of nitrogens with zero attached hydrogens (tertiary/aromatic N) is 3. The molecule has 2 aromatic rings. The van der Waals surface area contributed by atoms with E-state index in [1.54, 1.807) is 17.1 Å². The van der Waals surface area contributed by atoms with E-state index in [0.29, 0.717) is 12.1 Å². The summed E-state index contributed by atoms with van der Waals surface area (Å²) in [5.41, 5.74) is 1.49. The number of amides is 1. The molecule has 0 saturated heterocycles. The number of aryl methyl sites for hydroxylation is 1. The molecule has 0 aliphatic carbocycles. The van der Waals surface area contributed by atoms with Crippen molar-refractivity contribution >= 4 is 5.91 Å². The number of aromatic nitrogens is 4. The number of carbonyl (C=O) groups is 1. The second kappa shape index (κ2) is 3.95. The Balaban J connectivity index is 1.91. The number of hydrogen-bond acceptors (Lipinski definition) is 3. The molecule has 2 aromatic heterocycles. The van der Waals surface area contributed by atoms with E-state index in [0.717, 1.165) is 5.56 Å². The van der Waals surface area contributed by atoms with Crippen molar-refractivity contribution in [1.82, 2.24) is 25.3 Å². The summed E-state index contributed by atoms with van der Waals surface area (Å²) in [6.45, 7) is 0.470. The summed E-state index contributed by atoms with van der Waals surface area (Å²) in [5, 5.41) is 13.1. The molecule has 0 fully saturated rings. The third kappa shape index (κ3) is 2.22. The van der Waals surface area contributed by atoms with Crippen LogP contribution < -0.4 is 5.32 Å². The summed E-state index contributed by atoms with van der Waals surface area (Å²) in [7, 11) is 1.83. The van der Waals surface area contributed by atoms with Crippen LogP contribution in [0.4, 0.5) is 0 Å². The van der Waals surface area contributed by atoms with Gasteiger partial charge in [-0.25, -0.2) is 0 Å². The fourth-order valence-electron chi connectivity index (χ4n) is 1.22. The van der Waals surface area contributed by atoms with E-state index in [1.165, 1.54) is 6.20 Å². The predicted octanol–water partition coefficient (Wildman–Crippen LogP) is 0.0732. The lowest BCUT2D eigenvalue weighted by atomic mass is 10.3. The van der Waals surface area contributed by atoms with Gasteiger partial charge in [-0.3, -0.25) is 14.6 Å². The summed E-state index contributed by atoms with van der Waals surface area (Å²) in [6.07, 6.45) is 6.61. The number of H-pyrrole nitrogens is 1. The van der Waals surface area contributed by atoms with E-state index in [2.05, 4.69) is 20.6 Å². The lowest BCUT2D eigenvalue weighted by Gasteiger charge is -1.99. The minimum Gasteiger partial charge on any atom is -0.348 e. The molecule has 0 radical (unpaired) electrons. The number of hydrogen-bond donors (Lipinski definition) is 2. The number of rotatable bonds is 3. The largest absolute Gasteiger partial charge is 0.348 e. The van der Waals surface area contributed by atoms with Gasteiger partial charge in [0.25, 0.3) is 5.91 Å². The van der Waals surface area contributed by atoms with E-state index < -0.39 is 0 Å². The van der Waals surface area contributed by atoms with Gasteiger partial charge in [0, 0.05) is 31.5 Å². The summed E-state index contributed by atoms with van der Waals surface area (Å²) in [6, 6.07) is 0. The average molecular weight is 205 g/mol. The predicted molar refractivity (Wildman–Crippen MR) is 53.0 cm³/mol. The fraction of sp³-hybridized carbons (Fsp3) is 0.222. The molecule has 0 saturated carbocycles. The van der Waals surface area contributed by atoms with Crippen LogP contribution in [0.15, 0.2) is 24.8 Å². The van der Waals surface area contributed by atoms with Crippen molar-refractivity contribution in [2.24, 2.45) is 7.05 Å². The minimum absolute atomic E-state index is 0.146. The first-order valence-corrected chi connectivity index (χ1v) is 4.50. The molecule has 0 aliphatic heterocycles. The van der Waals surface area contributed by atoms with Crippen LogP contribution in [0.1, 0.15) is 15.9 Å². The Hall–Kier alpha value is -2.11. The summed E-state index contributed by atoms with van der Waals surface area (Å²) >= 11 is 0. The Morgan fingerprint density at radius 1 is 1.60 bits per heavy atom. The molecule has 1 amide bonds. The summed E-state index contributed by atoms with van der Waals surface area (Å²) < 4.78 is 1.69. The van der Waals surface area contributed by atoms with Crippen molar-refractivity contribution in [3.63, 3.8) is 0 Å². The second-order valence-corrected chi connectivity index (χ2v) is 3.19. The number of aromatic amines is 1.